The number of nitrogens with one attached hydrogen (secondary N) is 1. The van der Waals surface area contributed by atoms with Crippen LogP contribution in [0.5, 0.6) is 5.75 Å². The molecule has 0 radical (unpaired) electrons. The van der Waals surface area contributed by atoms with E-state index in [0.29, 0.717) is 10.2 Å². The number of anilines is 1. The fraction of sp³-hybridized carbons (Fsp3) is 0. The number of halogens is 2. The maximum absolute atomic E-state index is 12.7. The summed E-state index contributed by atoms with van der Waals surface area (Å²) in [6.07, 6.45) is 1.20. The maximum Gasteiger partial charge on any atom is 0.339 e. The van der Waals surface area contributed by atoms with E-state index < -0.39 is 20.9 Å². The smallest absolute Gasteiger partial charge is 0.339 e. The van der Waals surface area contributed by atoms with Gasteiger partial charge >= 0.3 is 10.1 Å². The molecule has 0 aliphatic heterocycles. The Labute approximate surface area is 216 Å². The molecule has 1 amide bonds. The van der Waals surface area contributed by atoms with Crippen molar-refractivity contribution in [2.45, 2.75) is 4.90 Å². The number of nitro benzene ring substituents is 1. The molecule has 0 saturated carbocycles. The normalized spacial score (nSPS) is 11.4. The Morgan fingerprint density at radius 2 is 1.85 bits per heavy atom. The minimum absolute atomic E-state index is 0.142. The molecule has 12 heteroatoms. The molecule has 0 unspecified atom stereocenters. The van der Waals surface area contributed by atoms with E-state index in [1.165, 1.54) is 24.3 Å². The van der Waals surface area contributed by atoms with Crippen molar-refractivity contribution in [3.8, 4) is 11.8 Å². The lowest BCUT2D eigenvalue weighted by atomic mass is 10.1. The Hall–Kier alpha value is -3.28. The molecule has 0 spiro atoms. The molecule has 0 fully saturated rings. The highest BCUT2D eigenvalue weighted by molar-refractivity contribution is 14.1. The molecule has 3 rings (SSSR count). The summed E-state index contributed by atoms with van der Waals surface area (Å²) >= 11 is 5.36. The van der Waals surface area contributed by atoms with Crippen LogP contribution in [0.2, 0.25) is 0 Å². The van der Waals surface area contributed by atoms with Gasteiger partial charge in [-0.25, -0.2) is 0 Å². The molecule has 3 aromatic carbocycles. The van der Waals surface area contributed by atoms with Gasteiger partial charge in [0.2, 0.25) is 0 Å². The lowest BCUT2D eigenvalue weighted by molar-refractivity contribution is -0.384. The highest BCUT2D eigenvalue weighted by Crippen LogP contribution is 2.29. The number of hydrogen-bond acceptors (Lipinski definition) is 7. The molecule has 9 nitrogen and oxygen atoms in total. The number of benzene rings is 3. The van der Waals surface area contributed by atoms with Gasteiger partial charge in [0, 0.05) is 31.4 Å². The molecule has 0 atom stereocenters. The molecular weight excluding hydrogens is 641 g/mol. The van der Waals surface area contributed by atoms with Crippen molar-refractivity contribution in [3.63, 3.8) is 0 Å². The Kier molecular flexibility index (Phi) is 8.02. The van der Waals surface area contributed by atoms with E-state index in [9.17, 15) is 28.6 Å². The van der Waals surface area contributed by atoms with Crippen molar-refractivity contribution >= 4 is 72.0 Å². The minimum atomic E-state index is -4.36. The van der Waals surface area contributed by atoms with Crippen molar-refractivity contribution in [2.75, 3.05) is 5.32 Å². The van der Waals surface area contributed by atoms with E-state index >= 15 is 0 Å². The maximum atomic E-state index is 12.7. The summed E-state index contributed by atoms with van der Waals surface area (Å²) in [6, 6.07) is 17.3. The molecule has 0 aromatic heterocycles. The van der Waals surface area contributed by atoms with E-state index in [2.05, 4.69) is 43.8 Å². The van der Waals surface area contributed by atoms with Crippen LogP contribution >= 0.6 is 38.5 Å². The highest BCUT2D eigenvalue weighted by Gasteiger charge is 2.20. The summed E-state index contributed by atoms with van der Waals surface area (Å²) in [5.74, 6) is -0.829. The van der Waals surface area contributed by atoms with Crippen LogP contribution in [0, 0.1) is 25.0 Å². The average molecular weight is 654 g/mol. The number of nitro groups is 1. The molecule has 0 heterocycles. The quantitative estimate of drug-likeness (QED) is 0.0914. The fourth-order valence-corrected chi connectivity index (χ4v) is 4.55. The largest absolute Gasteiger partial charge is 0.378 e. The molecule has 34 heavy (non-hydrogen) atoms. The first kappa shape index (κ1) is 25.3. The Balaban J connectivity index is 1.93. The van der Waals surface area contributed by atoms with E-state index in [-0.39, 0.29) is 27.5 Å². The number of amides is 1. The monoisotopic (exact) mass is 653 g/mol. The summed E-state index contributed by atoms with van der Waals surface area (Å²) in [5, 5.41) is 22.9. The second-order valence-corrected chi connectivity index (χ2v) is 10.3. The van der Waals surface area contributed by atoms with Crippen molar-refractivity contribution < 1.29 is 22.3 Å². The molecule has 0 aliphatic rings. The Morgan fingerprint density at radius 1 is 1.15 bits per heavy atom. The zero-order valence-corrected chi connectivity index (χ0v) is 21.5. The first-order valence-corrected chi connectivity index (χ1v) is 12.5. The number of hydrogen-bond donors (Lipinski definition) is 1. The number of nitrogens with zero attached hydrogens (tertiary/aromatic N) is 2. The van der Waals surface area contributed by atoms with Gasteiger partial charge in [-0.05, 0) is 77.2 Å². The number of rotatable bonds is 7. The highest BCUT2D eigenvalue weighted by atomic mass is 127. The predicted molar refractivity (Wildman–Crippen MR) is 136 cm³/mol. The topological polar surface area (TPSA) is 139 Å². The molecule has 0 bridgehead atoms. The third-order valence-electron chi connectivity index (χ3n) is 4.25. The van der Waals surface area contributed by atoms with Crippen LogP contribution in [0.3, 0.4) is 0 Å². The van der Waals surface area contributed by atoms with Crippen molar-refractivity contribution in [1.82, 2.24) is 0 Å². The van der Waals surface area contributed by atoms with Gasteiger partial charge < -0.3 is 9.50 Å². The summed E-state index contributed by atoms with van der Waals surface area (Å²) in [6.45, 7) is 0. The number of carbonyl (C=O) groups excluding carboxylic acids is 1. The molecule has 0 saturated heterocycles. The van der Waals surface area contributed by atoms with Crippen LogP contribution in [-0.4, -0.2) is 19.2 Å². The molecule has 3 aromatic rings. The van der Waals surface area contributed by atoms with Crippen LogP contribution in [0.4, 0.5) is 11.4 Å². The van der Waals surface area contributed by atoms with Gasteiger partial charge in [-0.2, -0.15) is 13.7 Å². The lowest BCUT2D eigenvalue weighted by Crippen LogP contribution is -2.14. The number of carbonyl (C=O) groups is 1. The van der Waals surface area contributed by atoms with Crippen molar-refractivity contribution in [2.24, 2.45) is 0 Å². The summed E-state index contributed by atoms with van der Waals surface area (Å²) in [5.41, 5.74) is 0.0808. The van der Waals surface area contributed by atoms with Gasteiger partial charge in [0.05, 0.1) is 4.92 Å². The second kappa shape index (κ2) is 10.8. The van der Waals surface area contributed by atoms with Gasteiger partial charge in [0.25, 0.3) is 11.6 Å². The first-order valence-electron chi connectivity index (χ1n) is 9.26. The van der Waals surface area contributed by atoms with Gasteiger partial charge in [-0.1, -0.05) is 22.0 Å². The van der Waals surface area contributed by atoms with Crippen LogP contribution in [-0.2, 0) is 14.9 Å². The number of nitriles is 1. The SMILES string of the molecule is N#C/C(=C\c1cc(Br)ccc1OS(=O)(=O)c1ccc([N+](=O)[O-])cc1)C(=O)Nc1cccc(I)c1. The van der Waals surface area contributed by atoms with Crippen LogP contribution < -0.4 is 9.50 Å². The molecule has 1 N–H and O–H groups in total. The first-order chi connectivity index (χ1) is 16.1. The van der Waals surface area contributed by atoms with Crippen LogP contribution in [0.25, 0.3) is 6.08 Å². The summed E-state index contributed by atoms with van der Waals surface area (Å²) < 4.78 is 32.1. The van der Waals surface area contributed by atoms with Crippen molar-refractivity contribution in [1.29, 1.82) is 5.26 Å². The van der Waals surface area contributed by atoms with E-state index in [1.54, 1.807) is 24.3 Å². The number of non-ortho nitro benzene ring substituents is 1. The van der Waals surface area contributed by atoms with Crippen LogP contribution in [0.1, 0.15) is 5.56 Å². The van der Waals surface area contributed by atoms with E-state index in [4.69, 9.17) is 4.18 Å². The van der Waals surface area contributed by atoms with Crippen LogP contribution in [0.15, 0.2) is 81.7 Å². The molecular formula is C22H13BrIN3O6S. The Morgan fingerprint density at radius 3 is 2.47 bits per heavy atom. The zero-order chi connectivity index (χ0) is 24.9. The predicted octanol–water partition coefficient (Wildman–Crippen LogP) is 5.28. The molecule has 172 valence electrons. The van der Waals surface area contributed by atoms with E-state index in [0.717, 1.165) is 27.8 Å². The fourth-order valence-electron chi connectivity index (χ4n) is 2.68. The second-order valence-electron chi connectivity index (χ2n) is 6.60. The summed E-state index contributed by atoms with van der Waals surface area (Å²) in [4.78, 5) is 22.5. The van der Waals surface area contributed by atoms with Gasteiger partial charge in [0.1, 0.15) is 22.3 Å². The third kappa shape index (κ3) is 6.40. The third-order valence-corrected chi connectivity index (χ3v) is 6.67. The van der Waals surface area contributed by atoms with Crippen molar-refractivity contribution in [3.05, 3.63) is 96.0 Å². The Bertz CT molecular complexity index is 1450. The zero-order valence-electron chi connectivity index (χ0n) is 16.9. The van der Waals surface area contributed by atoms with Gasteiger partial charge in [-0.15, -0.1) is 0 Å². The standard InChI is InChI=1S/C22H13BrIN3O6S/c23-16-4-9-21(33-34(31,32)20-7-5-19(6-8-20)27(29)30)14(11-16)10-15(13-25)22(28)26-18-3-1-2-17(24)12-18/h1-12H,(H,26,28)/b15-10+. The average Bonchev–Trinajstić information content (AvgIpc) is 2.79. The lowest BCUT2D eigenvalue weighted by Gasteiger charge is -2.11. The van der Waals surface area contributed by atoms with Gasteiger partial charge in [0.15, 0.2) is 0 Å². The van der Waals surface area contributed by atoms with E-state index in [1.807, 2.05) is 6.07 Å². The van der Waals surface area contributed by atoms with Gasteiger partial charge in [-0.3, -0.25) is 14.9 Å². The summed E-state index contributed by atoms with van der Waals surface area (Å²) in [7, 11) is -4.36. The molecule has 0 aliphatic carbocycles. The minimum Gasteiger partial charge on any atom is -0.378 e.